The Kier molecular flexibility index (Phi) is 2.12. The van der Waals surface area contributed by atoms with Crippen molar-refractivity contribution < 1.29 is 9.02 Å². The molecule has 3 aromatic rings. The van der Waals surface area contributed by atoms with E-state index in [4.69, 9.17) is 11.1 Å². The van der Waals surface area contributed by atoms with Crippen LogP contribution in [0.25, 0.3) is 10.9 Å². The van der Waals surface area contributed by atoms with Gasteiger partial charge in [0.2, 0.25) is 0 Å². The molecule has 0 bridgehead atoms. The minimum Gasteiger partial charge on any atom is -0.379 e. The van der Waals surface area contributed by atoms with Crippen LogP contribution in [0.3, 0.4) is 0 Å². The molecule has 0 amide bonds. The SMILES string of the molecule is N=C(c1nonc1N)n1ccc2cc(F)ccc21. The van der Waals surface area contributed by atoms with Gasteiger partial charge in [-0.2, -0.15) is 0 Å². The van der Waals surface area contributed by atoms with Gasteiger partial charge < -0.3 is 5.73 Å². The number of halogens is 1. The number of hydrogen-bond donors (Lipinski definition) is 2. The van der Waals surface area contributed by atoms with E-state index in [1.54, 1.807) is 18.3 Å². The Labute approximate surface area is 100 Å². The normalized spacial score (nSPS) is 10.9. The van der Waals surface area contributed by atoms with Crippen molar-refractivity contribution in [2.75, 3.05) is 5.73 Å². The Morgan fingerprint density at radius 1 is 1.33 bits per heavy atom. The third-order valence-corrected chi connectivity index (χ3v) is 2.63. The number of nitrogens with two attached hydrogens (primary N) is 1. The van der Waals surface area contributed by atoms with E-state index in [1.165, 1.54) is 16.7 Å². The second-order valence-corrected chi connectivity index (χ2v) is 3.74. The van der Waals surface area contributed by atoms with Gasteiger partial charge in [0.25, 0.3) is 0 Å². The molecule has 3 N–H and O–H groups in total. The predicted molar refractivity (Wildman–Crippen MR) is 62.8 cm³/mol. The van der Waals surface area contributed by atoms with Gasteiger partial charge in [0.1, 0.15) is 5.82 Å². The van der Waals surface area contributed by atoms with E-state index in [9.17, 15) is 4.39 Å². The monoisotopic (exact) mass is 245 g/mol. The second kappa shape index (κ2) is 3.66. The lowest BCUT2D eigenvalue weighted by Crippen LogP contribution is -2.13. The summed E-state index contributed by atoms with van der Waals surface area (Å²) in [7, 11) is 0. The number of aromatic nitrogens is 3. The number of nitrogen functional groups attached to an aromatic ring is 1. The maximum atomic E-state index is 13.1. The standard InChI is InChI=1S/C11H8FN5O/c12-7-1-2-8-6(5-7)3-4-17(8)11(14)9-10(13)16-18-15-9/h1-5,14H,(H2,13,16). The quantitative estimate of drug-likeness (QED) is 0.503. The van der Waals surface area contributed by atoms with Crippen LogP contribution < -0.4 is 5.73 Å². The van der Waals surface area contributed by atoms with E-state index in [1.807, 2.05) is 0 Å². The van der Waals surface area contributed by atoms with E-state index >= 15 is 0 Å². The first kappa shape index (κ1) is 10.5. The van der Waals surface area contributed by atoms with Crippen LogP contribution in [0.1, 0.15) is 5.69 Å². The molecule has 6 nitrogen and oxygen atoms in total. The van der Waals surface area contributed by atoms with Crippen molar-refractivity contribution in [3.8, 4) is 0 Å². The van der Waals surface area contributed by atoms with E-state index in [0.717, 1.165) is 0 Å². The largest absolute Gasteiger partial charge is 0.379 e. The summed E-state index contributed by atoms with van der Waals surface area (Å²) in [5.41, 5.74) is 6.37. The van der Waals surface area contributed by atoms with Gasteiger partial charge in [-0.1, -0.05) is 0 Å². The average Bonchev–Trinajstić information content (AvgIpc) is 2.94. The minimum absolute atomic E-state index is 0.0235. The molecule has 7 heteroatoms. The molecule has 0 saturated heterocycles. The molecule has 0 spiro atoms. The van der Waals surface area contributed by atoms with Crippen LogP contribution >= 0.6 is 0 Å². The first-order valence-electron chi connectivity index (χ1n) is 5.11. The van der Waals surface area contributed by atoms with Crippen LogP contribution in [0.5, 0.6) is 0 Å². The van der Waals surface area contributed by atoms with Crippen molar-refractivity contribution in [2.45, 2.75) is 0 Å². The lowest BCUT2D eigenvalue weighted by atomic mass is 10.2. The molecule has 0 fully saturated rings. The molecule has 0 atom stereocenters. The number of fused-ring (bicyclic) bond motifs is 1. The van der Waals surface area contributed by atoms with Crippen molar-refractivity contribution >= 4 is 22.6 Å². The lowest BCUT2D eigenvalue weighted by Gasteiger charge is -2.04. The fraction of sp³-hybridized carbons (Fsp3) is 0. The van der Waals surface area contributed by atoms with E-state index in [0.29, 0.717) is 10.9 Å². The zero-order chi connectivity index (χ0) is 12.7. The maximum Gasteiger partial charge on any atom is 0.199 e. The number of nitrogens with one attached hydrogen (secondary N) is 1. The highest BCUT2D eigenvalue weighted by atomic mass is 19.1. The van der Waals surface area contributed by atoms with Gasteiger partial charge in [0, 0.05) is 11.6 Å². The smallest absolute Gasteiger partial charge is 0.199 e. The van der Waals surface area contributed by atoms with Crippen LogP contribution in [0.4, 0.5) is 10.2 Å². The summed E-state index contributed by atoms with van der Waals surface area (Å²) in [6, 6.07) is 6.01. The van der Waals surface area contributed by atoms with Crippen molar-refractivity contribution in [1.29, 1.82) is 5.41 Å². The minimum atomic E-state index is -0.325. The topological polar surface area (TPSA) is 93.7 Å². The molecule has 90 valence electrons. The summed E-state index contributed by atoms with van der Waals surface area (Å²) in [6.45, 7) is 0. The van der Waals surface area contributed by atoms with Crippen molar-refractivity contribution in [3.05, 3.63) is 42.0 Å². The van der Waals surface area contributed by atoms with Gasteiger partial charge in [0.05, 0.1) is 5.52 Å². The molecule has 0 aliphatic heterocycles. The Balaban J connectivity index is 2.16. The molecule has 2 heterocycles. The molecule has 3 rings (SSSR count). The third kappa shape index (κ3) is 1.45. The number of benzene rings is 1. The number of hydrogen-bond acceptors (Lipinski definition) is 5. The molecular weight excluding hydrogens is 237 g/mol. The van der Waals surface area contributed by atoms with Gasteiger partial charge >= 0.3 is 0 Å². The van der Waals surface area contributed by atoms with Crippen LogP contribution in [-0.2, 0) is 0 Å². The zero-order valence-electron chi connectivity index (χ0n) is 9.09. The fourth-order valence-corrected chi connectivity index (χ4v) is 1.78. The number of nitrogens with zero attached hydrogens (tertiary/aromatic N) is 3. The zero-order valence-corrected chi connectivity index (χ0v) is 9.09. The summed E-state index contributed by atoms with van der Waals surface area (Å²) in [4.78, 5) is 0. The van der Waals surface area contributed by atoms with E-state index < -0.39 is 0 Å². The van der Waals surface area contributed by atoms with Gasteiger partial charge in [-0.15, -0.1) is 0 Å². The van der Waals surface area contributed by atoms with Gasteiger partial charge in [-0.3, -0.25) is 9.98 Å². The lowest BCUT2D eigenvalue weighted by molar-refractivity contribution is 0.308. The van der Waals surface area contributed by atoms with Crippen LogP contribution in [0.15, 0.2) is 35.1 Å². The third-order valence-electron chi connectivity index (χ3n) is 2.63. The maximum absolute atomic E-state index is 13.1. The molecule has 0 aliphatic carbocycles. The molecule has 0 unspecified atom stereocenters. The van der Waals surface area contributed by atoms with Crippen LogP contribution in [0, 0.1) is 11.2 Å². The number of rotatable bonds is 1. The Morgan fingerprint density at radius 2 is 2.17 bits per heavy atom. The van der Waals surface area contributed by atoms with E-state index in [2.05, 4.69) is 14.9 Å². The first-order valence-corrected chi connectivity index (χ1v) is 5.11. The summed E-state index contributed by atoms with van der Waals surface area (Å²) in [5, 5.41) is 15.7. The molecule has 18 heavy (non-hydrogen) atoms. The molecule has 2 aromatic heterocycles. The molecule has 0 radical (unpaired) electrons. The highest BCUT2D eigenvalue weighted by molar-refractivity contribution is 6.04. The van der Waals surface area contributed by atoms with Gasteiger partial charge in [-0.05, 0) is 34.6 Å². The second-order valence-electron chi connectivity index (χ2n) is 3.74. The highest BCUT2D eigenvalue weighted by Gasteiger charge is 2.15. The summed E-state index contributed by atoms with van der Waals surface area (Å²) < 4.78 is 19.1. The average molecular weight is 245 g/mol. The first-order chi connectivity index (χ1) is 8.66. The highest BCUT2D eigenvalue weighted by Crippen LogP contribution is 2.19. The van der Waals surface area contributed by atoms with Crippen LogP contribution in [0.2, 0.25) is 0 Å². The van der Waals surface area contributed by atoms with Crippen molar-refractivity contribution in [2.24, 2.45) is 0 Å². The molecular formula is C11H8FN5O. The van der Waals surface area contributed by atoms with Crippen molar-refractivity contribution in [3.63, 3.8) is 0 Å². The molecule has 0 aliphatic rings. The molecule has 1 aromatic carbocycles. The van der Waals surface area contributed by atoms with Crippen molar-refractivity contribution in [1.82, 2.24) is 14.9 Å². The van der Waals surface area contributed by atoms with Crippen LogP contribution in [-0.4, -0.2) is 20.7 Å². The van der Waals surface area contributed by atoms with E-state index in [-0.39, 0.29) is 23.2 Å². The van der Waals surface area contributed by atoms with Gasteiger partial charge in [0.15, 0.2) is 17.3 Å². The summed E-state index contributed by atoms with van der Waals surface area (Å²) in [6.07, 6.45) is 1.64. The summed E-state index contributed by atoms with van der Waals surface area (Å²) in [5.74, 6) is -0.256. The summed E-state index contributed by atoms with van der Waals surface area (Å²) >= 11 is 0. The molecule has 0 saturated carbocycles. The Morgan fingerprint density at radius 3 is 2.89 bits per heavy atom. The predicted octanol–water partition coefficient (Wildman–Crippen LogP) is 1.62. The van der Waals surface area contributed by atoms with Gasteiger partial charge in [-0.25, -0.2) is 9.02 Å². The Bertz CT molecular complexity index is 745. The Hall–Kier alpha value is -2.70. The fourth-order valence-electron chi connectivity index (χ4n) is 1.78. The number of anilines is 1.